The van der Waals surface area contributed by atoms with Crippen LogP contribution in [0.5, 0.6) is 0 Å². The van der Waals surface area contributed by atoms with Crippen molar-refractivity contribution in [3.63, 3.8) is 0 Å². The summed E-state index contributed by atoms with van der Waals surface area (Å²) in [6.07, 6.45) is 3.24. The number of amides is 1. The van der Waals surface area contributed by atoms with Gasteiger partial charge in [-0.15, -0.1) is 0 Å². The minimum absolute atomic E-state index is 0.0116. The predicted molar refractivity (Wildman–Crippen MR) is 89.1 cm³/mol. The molecule has 0 aliphatic rings. The Morgan fingerprint density at radius 3 is 2.75 bits per heavy atom. The fourth-order valence-electron chi connectivity index (χ4n) is 2.16. The van der Waals surface area contributed by atoms with Crippen LogP contribution in [0, 0.1) is 0 Å². The number of furan rings is 1. The van der Waals surface area contributed by atoms with E-state index in [1.165, 1.54) is 19.2 Å². The van der Waals surface area contributed by atoms with Crippen molar-refractivity contribution in [3.05, 3.63) is 70.6 Å². The first-order valence-electron chi connectivity index (χ1n) is 7.10. The van der Waals surface area contributed by atoms with Crippen LogP contribution in [0.3, 0.4) is 0 Å². The van der Waals surface area contributed by atoms with Gasteiger partial charge in [0.2, 0.25) is 5.76 Å². The molecule has 0 atom stereocenters. The van der Waals surface area contributed by atoms with Gasteiger partial charge in [-0.3, -0.25) is 14.7 Å². The average molecular weight is 342 g/mol. The Bertz CT molecular complexity index is 827. The van der Waals surface area contributed by atoms with Gasteiger partial charge in [-0.2, -0.15) is 11.3 Å². The largest absolute Gasteiger partial charge is 0.463 e. The van der Waals surface area contributed by atoms with Crippen LogP contribution in [-0.2, 0) is 11.3 Å². The van der Waals surface area contributed by atoms with Crippen LogP contribution < -0.4 is 4.90 Å². The van der Waals surface area contributed by atoms with Crippen LogP contribution in [0.1, 0.15) is 26.7 Å². The maximum absolute atomic E-state index is 12.9. The molecule has 0 bridgehead atoms. The highest BCUT2D eigenvalue weighted by Crippen LogP contribution is 2.21. The number of rotatable bonds is 5. The molecule has 0 spiro atoms. The lowest BCUT2D eigenvalue weighted by molar-refractivity contribution is 0.0563. The van der Waals surface area contributed by atoms with Crippen LogP contribution in [-0.4, -0.2) is 24.0 Å². The standard InChI is InChI=1S/C17H14N2O4S/c1-22-17(21)15-5-4-14(23-15)16(20)19(10-12-6-8-24-11-12)13-3-2-7-18-9-13/h2-9,11H,10H2,1H3. The Morgan fingerprint density at radius 1 is 1.25 bits per heavy atom. The molecule has 0 radical (unpaired) electrons. The molecule has 0 aliphatic carbocycles. The first-order chi connectivity index (χ1) is 11.7. The number of esters is 1. The summed E-state index contributed by atoms with van der Waals surface area (Å²) < 4.78 is 9.93. The molecule has 0 saturated carbocycles. The SMILES string of the molecule is COC(=O)c1ccc(C(=O)N(Cc2ccsc2)c2cccnc2)o1. The van der Waals surface area contributed by atoms with E-state index in [2.05, 4.69) is 9.72 Å². The summed E-state index contributed by atoms with van der Waals surface area (Å²) in [6, 6.07) is 8.38. The van der Waals surface area contributed by atoms with E-state index < -0.39 is 5.97 Å². The zero-order valence-electron chi connectivity index (χ0n) is 12.8. The average Bonchev–Trinajstić information content (AvgIpc) is 3.31. The van der Waals surface area contributed by atoms with Gasteiger partial charge in [-0.25, -0.2) is 4.79 Å². The fraction of sp³-hybridized carbons (Fsp3) is 0.118. The number of thiophene rings is 1. The number of nitrogens with zero attached hydrogens (tertiary/aromatic N) is 2. The van der Waals surface area contributed by atoms with E-state index >= 15 is 0 Å². The molecule has 0 saturated heterocycles. The molecule has 3 aromatic rings. The minimum atomic E-state index is -0.625. The van der Waals surface area contributed by atoms with Crippen molar-refractivity contribution in [1.29, 1.82) is 0 Å². The first-order valence-corrected chi connectivity index (χ1v) is 8.04. The van der Waals surface area contributed by atoms with Gasteiger partial charge in [0.15, 0.2) is 5.76 Å². The third-order valence-corrected chi connectivity index (χ3v) is 4.06. The van der Waals surface area contributed by atoms with Crippen LogP contribution in [0.2, 0.25) is 0 Å². The molecule has 6 nitrogen and oxygen atoms in total. The molecule has 0 fully saturated rings. The van der Waals surface area contributed by atoms with Crippen molar-refractivity contribution in [2.75, 3.05) is 12.0 Å². The summed E-state index contributed by atoms with van der Waals surface area (Å²) in [4.78, 5) is 30.0. The molecule has 24 heavy (non-hydrogen) atoms. The van der Waals surface area contributed by atoms with E-state index in [0.29, 0.717) is 12.2 Å². The Labute approximate surface area is 142 Å². The summed E-state index contributed by atoms with van der Waals surface area (Å²) in [5.74, 6) is -0.929. The van der Waals surface area contributed by atoms with Crippen LogP contribution >= 0.6 is 11.3 Å². The van der Waals surface area contributed by atoms with Crippen molar-refractivity contribution in [3.8, 4) is 0 Å². The van der Waals surface area contributed by atoms with Crippen LogP contribution in [0.4, 0.5) is 5.69 Å². The highest BCUT2D eigenvalue weighted by molar-refractivity contribution is 7.07. The maximum Gasteiger partial charge on any atom is 0.373 e. The monoisotopic (exact) mass is 342 g/mol. The molecule has 0 aliphatic heterocycles. The lowest BCUT2D eigenvalue weighted by Gasteiger charge is -2.20. The van der Waals surface area contributed by atoms with E-state index in [-0.39, 0.29) is 17.4 Å². The van der Waals surface area contributed by atoms with Gasteiger partial charge >= 0.3 is 5.97 Å². The van der Waals surface area contributed by atoms with Crippen molar-refractivity contribution in [1.82, 2.24) is 4.98 Å². The van der Waals surface area contributed by atoms with Crippen LogP contribution in [0.25, 0.3) is 0 Å². The number of ether oxygens (including phenoxy) is 1. The predicted octanol–water partition coefficient (Wildman–Crippen LogP) is 3.37. The lowest BCUT2D eigenvalue weighted by Crippen LogP contribution is -2.30. The van der Waals surface area contributed by atoms with Crippen LogP contribution in [0.15, 0.2) is 57.9 Å². The van der Waals surface area contributed by atoms with E-state index in [4.69, 9.17) is 4.42 Å². The molecule has 3 rings (SSSR count). The third kappa shape index (κ3) is 3.36. The smallest absolute Gasteiger partial charge is 0.373 e. The second-order valence-electron chi connectivity index (χ2n) is 4.89. The fourth-order valence-corrected chi connectivity index (χ4v) is 2.81. The molecule has 7 heteroatoms. The van der Waals surface area contributed by atoms with Crippen molar-refractivity contribution < 1.29 is 18.7 Å². The first kappa shape index (κ1) is 15.9. The molecule has 3 heterocycles. The number of aromatic nitrogens is 1. The summed E-state index contributed by atoms with van der Waals surface area (Å²) in [6.45, 7) is 0.377. The van der Waals surface area contributed by atoms with E-state index in [9.17, 15) is 9.59 Å². The summed E-state index contributed by atoms with van der Waals surface area (Å²) >= 11 is 1.56. The van der Waals surface area contributed by atoms with Crippen molar-refractivity contribution in [2.45, 2.75) is 6.54 Å². The molecular formula is C17H14N2O4S. The van der Waals surface area contributed by atoms with E-state index in [0.717, 1.165) is 5.56 Å². The quantitative estimate of drug-likeness (QED) is 0.665. The van der Waals surface area contributed by atoms with Gasteiger partial charge in [-0.1, -0.05) is 0 Å². The Balaban J connectivity index is 1.91. The molecular weight excluding hydrogens is 328 g/mol. The van der Waals surface area contributed by atoms with Crippen molar-refractivity contribution in [2.24, 2.45) is 0 Å². The number of methoxy groups -OCH3 is 1. The molecule has 1 amide bonds. The number of carbonyl (C=O) groups excluding carboxylic acids is 2. The highest BCUT2D eigenvalue weighted by Gasteiger charge is 2.23. The van der Waals surface area contributed by atoms with Gasteiger partial charge in [0.05, 0.1) is 25.5 Å². The Morgan fingerprint density at radius 2 is 2.08 bits per heavy atom. The summed E-state index contributed by atoms with van der Waals surface area (Å²) in [5, 5.41) is 3.92. The molecule has 122 valence electrons. The molecule has 0 unspecified atom stereocenters. The Hall–Kier alpha value is -2.93. The lowest BCUT2D eigenvalue weighted by atomic mass is 10.2. The maximum atomic E-state index is 12.9. The Kier molecular flexibility index (Phi) is 4.72. The second kappa shape index (κ2) is 7.10. The van der Waals surface area contributed by atoms with Gasteiger partial charge in [0.25, 0.3) is 5.91 Å². The van der Waals surface area contributed by atoms with Crippen molar-refractivity contribution >= 4 is 28.9 Å². The number of anilines is 1. The number of pyridine rings is 1. The number of hydrogen-bond acceptors (Lipinski definition) is 6. The van der Waals surface area contributed by atoms with Gasteiger partial charge in [0.1, 0.15) is 0 Å². The molecule has 3 aromatic heterocycles. The summed E-state index contributed by atoms with van der Waals surface area (Å²) in [7, 11) is 1.25. The number of hydrogen-bond donors (Lipinski definition) is 0. The van der Waals surface area contributed by atoms with E-state index in [1.54, 1.807) is 40.8 Å². The van der Waals surface area contributed by atoms with Gasteiger partial charge < -0.3 is 9.15 Å². The number of carbonyl (C=O) groups is 2. The summed E-state index contributed by atoms with van der Waals surface area (Å²) in [5.41, 5.74) is 1.64. The topological polar surface area (TPSA) is 72.6 Å². The molecule has 0 aromatic carbocycles. The van der Waals surface area contributed by atoms with Gasteiger partial charge in [-0.05, 0) is 46.7 Å². The zero-order chi connectivity index (χ0) is 16.9. The van der Waals surface area contributed by atoms with Gasteiger partial charge in [0, 0.05) is 6.20 Å². The minimum Gasteiger partial charge on any atom is -0.463 e. The highest BCUT2D eigenvalue weighted by atomic mass is 32.1. The zero-order valence-corrected chi connectivity index (χ0v) is 13.7. The molecule has 0 N–H and O–H groups in total. The van der Waals surface area contributed by atoms with E-state index in [1.807, 2.05) is 16.8 Å². The normalized spacial score (nSPS) is 10.4. The second-order valence-corrected chi connectivity index (χ2v) is 5.67. The third-order valence-electron chi connectivity index (χ3n) is 3.33.